The molecule has 0 saturated heterocycles. The summed E-state index contributed by atoms with van der Waals surface area (Å²) in [7, 11) is 0. The van der Waals surface area contributed by atoms with Crippen LogP contribution in [-0.2, 0) is 0 Å². The molecule has 128 valence electrons. The minimum atomic E-state index is 0.193. The highest BCUT2D eigenvalue weighted by atomic mass is 35.5. The molecule has 5 nitrogen and oxygen atoms in total. The molecule has 0 amide bonds. The summed E-state index contributed by atoms with van der Waals surface area (Å²) in [5, 5.41) is 3.42. The minimum absolute atomic E-state index is 0.193. The Hall–Kier alpha value is -1.62. The fourth-order valence-electron chi connectivity index (χ4n) is 2.22. The lowest BCUT2D eigenvalue weighted by Gasteiger charge is -2.19. The van der Waals surface area contributed by atoms with Crippen molar-refractivity contribution in [2.75, 3.05) is 29.9 Å². The number of rotatable bonds is 13. The minimum Gasteiger partial charge on any atom is -0.354 e. The second kappa shape index (κ2) is 11.9. The van der Waals surface area contributed by atoms with Gasteiger partial charge in [-0.3, -0.25) is 0 Å². The number of nitrogens with one attached hydrogen (secondary N) is 1. The van der Waals surface area contributed by atoms with Gasteiger partial charge in [0.15, 0.2) is 0 Å². The van der Waals surface area contributed by atoms with Crippen molar-refractivity contribution in [3.05, 3.63) is 30.6 Å². The third-order valence-corrected chi connectivity index (χ3v) is 3.56. The molecule has 1 N–H and O–H groups in total. The summed E-state index contributed by atoms with van der Waals surface area (Å²) in [5.41, 5.74) is 0. The molecule has 0 spiro atoms. The molecule has 1 aromatic rings. The Bertz CT molecular complexity index is 468. The summed E-state index contributed by atoms with van der Waals surface area (Å²) in [6.45, 7) is 11.8. The fourth-order valence-corrected chi connectivity index (χ4v) is 2.37. The summed E-state index contributed by atoms with van der Waals surface area (Å²) >= 11 is 6.01. The molecule has 0 aliphatic carbocycles. The largest absolute Gasteiger partial charge is 0.354 e. The molecule has 0 bridgehead atoms. The van der Waals surface area contributed by atoms with E-state index in [1.165, 1.54) is 32.1 Å². The van der Waals surface area contributed by atoms with Gasteiger partial charge in [0.1, 0.15) is 0 Å². The van der Waals surface area contributed by atoms with E-state index in [4.69, 9.17) is 11.6 Å². The average Bonchev–Trinajstić information content (AvgIpc) is 2.53. The van der Waals surface area contributed by atoms with Crippen molar-refractivity contribution < 1.29 is 0 Å². The monoisotopic (exact) mass is 337 g/mol. The Morgan fingerprint density at radius 3 is 2.30 bits per heavy atom. The van der Waals surface area contributed by atoms with Crippen LogP contribution in [0.25, 0.3) is 0 Å². The number of hydrogen-bond acceptors (Lipinski definition) is 5. The Labute approximate surface area is 144 Å². The highest BCUT2D eigenvalue weighted by Crippen LogP contribution is 2.14. The zero-order chi connectivity index (χ0) is 16.9. The first-order valence-electron chi connectivity index (χ1n) is 8.33. The van der Waals surface area contributed by atoms with Gasteiger partial charge in [-0.15, -0.1) is 13.2 Å². The van der Waals surface area contributed by atoms with Gasteiger partial charge in [0.2, 0.25) is 17.2 Å². The van der Waals surface area contributed by atoms with Crippen LogP contribution < -0.4 is 10.2 Å². The zero-order valence-electron chi connectivity index (χ0n) is 14.1. The first kappa shape index (κ1) is 19.4. The van der Waals surface area contributed by atoms with Crippen molar-refractivity contribution in [1.29, 1.82) is 0 Å². The van der Waals surface area contributed by atoms with E-state index in [2.05, 4.69) is 40.4 Å². The maximum Gasteiger partial charge on any atom is 0.232 e. The Balaban J connectivity index is 2.52. The Morgan fingerprint density at radius 2 is 1.65 bits per heavy atom. The first-order valence-corrected chi connectivity index (χ1v) is 8.71. The highest BCUT2D eigenvalue weighted by Gasteiger charge is 2.10. The fraction of sp³-hybridized carbons (Fsp3) is 0.588. The number of unbranched alkanes of at least 4 members (excludes halogenated alkanes) is 5. The van der Waals surface area contributed by atoms with Crippen molar-refractivity contribution in [1.82, 2.24) is 15.0 Å². The SMILES string of the molecule is C=CCN(CC=C)c1nc(Cl)nc(NCCCCCCCC)n1. The van der Waals surface area contributed by atoms with Gasteiger partial charge in [-0.05, 0) is 18.0 Å². The topological polar surface area (TPSA) is 53.9 Å². The van der Waals surface area contributed by atoms with Crippen molar-refractivity contribution in [2.24, 2.45) is 0 Å². The highest BCUT2D eigenvalue weighted by molar-refractivity contribution is 6.28. The van der Waals surface area contributed by atoms with E-state index in [0.717, 1.165) is 13.0 Å². The van der Waals surface area contributed by atoms with E-state index >= 15 is 0 Å². The molecule has 6 heteroatoms. The van der Waals surface area contributed by atoms with Crippen LogP contribution in [0.5, 0.6) is 0 Å². The van der Waals surface area contributed by atoms with Crippen LogP contribution in [0.4, 0.5) is 11.9 Å². The normalized spacial score (nSPS) is 10.3. The summed E-state index contributed by atoms with van der Waals surface area (Å²) in [6, 6.07) is 0. The van der Waals surface area contributed by atoms with E-state index in [9.17, 15) is 0 Å². The average molecular weight is 338 g/mol. The molecule has 0 aromatic carbocycles. The van der Waals surface area contributed by atoms with Crippen LogP contribution in [0, 0.1) is 0 Å². The number of halogens is 1. The standard InChI is InChI=1S/C17H28ClN5/c1-4-7-8-9-10-11-12-19-16-20-15(18)21-17(22-16)23(13-5-2)14-6-3/h5-6H,2-4,7-14H2,1H3,(H,19,20,21,22). The van der Waals surface area contributed by atoms with Crippen LogP contribution in [0.2, 0.25) is 5.28 Å². The van der Waals surface area contributed by atoms with Crippen molar-refractivity contribution in [2.45, 2.75) is 45.4 Å². The van der Waals surface area contributed by atoms with Gasteiger partial charge in [0.05, 0.1) is 0 Å². The lowest BCUT2D eigenvalue weighted by Crippen LogP contribution is -2.26. The maximum absolute atomic E-state index is 6.01. The van der Waals surface area contributed by atoms with Gasteiger partial charge in [-0.1, -0.05) is 51.2 Å². The van der Waals surface area contributed by atoms with E-state index < -0.39 is 0 Å². The molecule has 1 aromatic heterocycles. The van der Waals surface area contributed by atoms with E-state index in [1.54, 1.807) is 12.2 Å². The Kier molecular flexibility index (Phi) is 10.0. The molecule has 1 heterocycles. The zero-order valence-corrected chi connectivity index (χ0v) is 14.9. The Morgan fingerprint density at radius 1 is 1.00 bits per heavy atom. The molecule has 0 fully saturated rings. The van der Waals surface area contributed by atoms with Crippen LogP contribution in [0.3, 0.4) is 0 Å². The predicted octanol–water partition coefficient (Wildman–Crippen LogP) is 4.48. The van der Waals surface area contributed by atoms with Crippen LogP contribution in [0.1, 0.15) is 45.4 Å². The molecule has 0 atom stereocenters. The maximum atomic E-state index is 6.01. The third-order valence-electron chi connectivity index (χ3n) is 3.39. The first-order chi connectivity index (χ1) is 11.2. The van der Waals surface area contributed by atoms with Gasteiger partial charge >= 0.3 is 0 Å². The van der Waals surface area contributed by atoms with E-state index in [1.807, 2.05) is 4.90 Å². The molecule has 23 heavy (non-hydrogen) atoms. The van der Waals surface area contributed by atoms with Crippen molar-refractivity contribution in [3.63, 3.8) is 0 Å². The molecule has 0 aliphatic heterocycles. The summed E-state index contributed by atoms with van der Waals surface area (Å²) in [5.74, 6) is 1.06. The van der Waals surface area contributed by atoms with Crippen molar-refractivity contribution >= 4 is 23.5 Å². The van der Waals surface area contributed by atoms with Gasteiger partial charge < -0.3 is 10.2 Å². The molecule has 0 saturated carbocycles. The lowest BCUT2D eigenvalue weighted by molar-refractivity contribution is 0.616. The molecular formula is C17H28ClN5. The molecule has 0 radical (unpaired) electrons. The quantitative estimate of drug-likeness (QED) is 0.425. The summed E-state index contributed by atoms with van der Waals surface area (Å²) in [4.78, 5) is 14.7. The molecule has 1 rings (SSSR count). The predicted molar refractivity (Wildman–Crippen MR) is 99.3 cm³/mol. The van der Waals surface area contributed by atoms with Gasteiger partial charge in [0, 0.05) is 19.6 Å². The van der Waals surface area contributed by atoms with Crippen molar-refractivity contribution in [3.8, 4) is 0 Å². The number of hydrogen-bond donors (Lipinski definition) is 1. The number of aromatic nitrogens is 3. The van der Waals surface area contributed by atoms with Crippen LogP contribution in [0.15, 0.2) is 25.3 Å². The molecule has 0 aliphatic rings. The number of anilines is 2. The second-order valence-corrected chi connectivity index (χ2v) is 5.74. The summed E-state index contributed by atoms with van der Waals surface area (Å²) < 4.78 is 0. The van der Waals surface area contributed by atoms with Gasteiger partial charge in [-0.25, -0.2) is 0 Å². The van der Waals surface area contributed by atoms with E-state index in [-0.39, 0.29) is 5.28 Å². The third kappa shape index (κ3) is 7.98. The van der Waals surface area contributed by atoms with Crippen LogP contribution >= 0.6 is 11.6 Å². The smallest absolute Gasteiger partial charge is 0.232 e. The van der Waals surface area contributed by atoms with Crippen LogP contribution in [-0.4, -0.2) is 34.6 Å². The summed E-state index contributed by atoms with van der Waals surface area (Å²) in [6.07, 6.45) is 11.1. The molecular weight excluding hydrogens is 310 g/mol. The molecule has 0 unspecified atom stereocenters. The second-order valence-electron chi connectivity index (χ2n) is 5.40. The lowest BCUT2D eigenvalue weighted by atomic mass is 10.1. The number of nitrogens with zero attached hydrogens (tertiary/aromatic N) is 4. The van der Waals surface area contributed by atoms with Gasteiger partial charge in [-0.2, -0.15) is 15.0 Å². The van der Waals surface area contributed by atoms with Gasteiger partial charge in [0.25, 0.3) is 0 Å². The van der Waals surface area contributed by atoms with E-state index in [0.29, 0.717) is 25.0 Å².